The van der Waals surface area contributed by atoms with Crippen LogP contribution < -0.4 is 0 Å². The first-order valence-corrected chi connectivity index (χ1v) is 15.8. The number of methoxy groups -OCH3 is 1. The number of allylic oxidation sites excluding steroid dienone is 4. The maximum atomic E-state index is 14.7. The highest BCUT2D eigenvalue weighted by atomic mass is 16.5. The lowest BCUT2D eigenvalue weighted by Gasteiger charge is -2.69. The van der Waals surface area contributed by atoms with Crippen LogP contribution in [0.2, 0.25) is 0 Å². The van der Waals surface area contributed by atoms with Crippen LogP contribution in [-0.2, 0) is 26.2 Å². The average molecular weight is 574 g/mol. The molecule has 1 aromatic rings. The van der Waals surface area contributed by atoms with Crippen molar-refractivity contribution in [3.05, 3.63) is 46.6 Å². The molecule has 1 heterocycles. The first-order valence-electron chi connectivity index (χ1n) is 15.8. The minimum absolute atomic E-state index is 0.0522. The van der Waals surface area contributed by atoms with Crippen LogP contribution in [-0.4, -0.2) is 35.4 Å². The molecule has 0 aliphatic heterocycles. The summed E-state index contributed by atoms with van der Waals surface area (Å²) in [5.41, 5.74) is -0.467. The minimum Gasteiger partial charge on any atom is -0.384 e. The summed E-state index contributed by atoms with van der Waals surface area (Å²) in [6, 6.07) is 0. The van der Waals surface area contributed by atoms with Crippen LogP contribution in [0.25, 0.3) is 4.85 Å². The molecule has 0 amide bonds. The zero-order chi connectivity index (χ0) is 30.5. The van der Waals surface area contributed by atoms with Crippen LogP contribution in [0.5, 0.6) is 0 Å². The highest BCUT2D eigenvalue weighted by molar-refractivity contribution is 6.03. The van der Waals surface area contributed by atoms with Gasteiger partial charge in [-0.3, -0.25) is 4.79 Å². The van der Waals surface area contributed by atoms with Crippen LogP contribution in [0.15, 0.2) is 27.9 Å². The van der Waals surface area contributed by atoms with Gasteiger partial charge in [0.05, 0.1) is 19.6 Å². The molecule has 226 valence electrons. The van der Waals surface area contributed by atoms with E-state index in [9.17, 15) is 9.59 Å². The van der Waals surface area contributed by atoms with Gasteiger partial charge < -0.3 is 14.1 Å². The van der Waals surface area contributed by atoms with E-state index in [2.05, 4.69) is 44.6 Å². The molecule has 0 N–H and O–H groups in total. The van der Waals surface area contributed by atoms with Crippen molar-refractivity contribution in [1.29, 1.82) is 0 Å². The van der Waals surface area contributed by atoms with E-state index in [0.717, 1.165) is 56.3 Å². The Morgan fingerprint density at radius 1 is 1.05 bits per heavy atom. The largest absolute Gasteiger partial charge is 0.384 e. The van der Waals surface area contributed by atoms with Crippen LogP contribution >= 0.6 is 0 Å². The Morgan fingerprint density at radius 2 is 1.76 bits per heavy atom. The summed E-state index contributed by atoms with van der Waals surface area (Å²) >= 11 is 0. The molecular weight excluding hydrogens is 526 g/mol. The summed E-state index contributed by atoms with van der Waals surface area (Å²) in [7, 11) is 1.67. The van der Waals surface area contributed by atoms with Crippen LogP contribution in [0.3, 0.4) is 0 Å². The molecule has 0 saturated heterocycles. The third-order valence-electron chi connectivity index (χ3n) is 13.3. The lowest BCUT2D eigenvalue weighted by molar-refractivity contribution is -0.160. The van der Waals surface area contributed by atoms with Crippen molar-refractivity contribution in [1.82, 2.24) is 10.1 Å². The number of Topliss-reactive ketones (excluding diaryl/α,β-unsaturated/α-hetero) is 1. The number of ketones is 2. The van der Waals surface area contributed by atoms with Gasteiger partial charge in [-0.25, -0.2) is 4.85 Å². The number of rotatable bonds is 4. The second-order valence-corrected chi connectivity index (χ2v) is 16.1. The van der Waals surface area contributed by atoms with Crippen molar-refractivity contribution < 1.29 is 18.8 Å². The van der Waals surface area contributed by atoms with E-state index in [-0.39, 0.29) is 56.7 Å². The topological polar surface area (TPSA) is 86.7 Å². The van der Waals surface area contributed by atoms with Crippen LogP contribution in [0, 0.1) is 51.4 Å². The summed E-state index contributed by atoms with van der Waals surface area (Å²) in [6.45, 7) is 24.0. The summed E-state index contributed by atoms with van der Waals surface area (Å²) < 4.78 is 11.0. The van der Waals surface area contributed by atoms with Gasteiger partial charge in [-0.05, 0) is 79.1 Å². The molecular formula is C35H47N3O4. The molecule has 1 aromatic heterocycles. The van der Waals surface area contributed by atoms with Gasteiger partial charge in [-0.2, -0.15) is 4.98 Å². The Kier molecular flexibility index (Phi) is 6.46. The summed E-state index contributed by atoms with van der Waals surface area (Å²) in [6.07, 6.45) is 11.1. The average Bonchev–Trinajstić information content (AvgIpc) is 3.40. The normalized spacial score (nSPS) is 41.8. The Morgan fingerprint density at radius 3 is 2.45 bits per heavy atom. The van der Waals surface area contributed by atoms with Crippen molar-refractivity contribution in [3.63, 3.8) is 0 Å². The van der Waals surface area contributed by atoms with Gasteiger partial charge in [-0.15, -0.1) is 0 Å². The molecule has 7 nitrogen and oxygen atoms in total. The number of nitrogens with zero attached hydrogens (tertiary/aromatic N) is 3. The molecule has 6 rings (SSSR count). The Bertz CT molecular complexity index is 1440. The fourth-order valence-corrected chi connectivity index (χ4v) is 10.7. The van der Waals surface area contributed by atoms with Gasteiger partial charge in [0, 0.05) is 29.3 Å². The fraction of sp³-hybridized carbons (Fsp3) is 0.743. The summed E-state index contributed by atoms with van der Waals surface area (Å²) in [4.78, 5) is 36.7. The molecule has 3 saturated carbocycles. The maximum absolute atomic E-state index is 14.7. The summed E-state index contributed by atoms with van der Waals surface area (Å²) in [5, 5.41) is 4.57. The number of fused-ring (bicyclic) bond motifs is 7. The van der Waals surface area contributed by atoms with Crippen molar-refractivity contribution in [2.75, 3.05) is 13.7 Å². The summed E-state index contributed by atoms with van der Waals surface area (Å²) in [5.74, 6) is 1.53. The van der Waals surface area contributed by atoms with Crippen molar-refractivity contribution >= 4 is 11.6 Å². The third kappa shape index (κ3) is 3.72. The fourth-order valence-electron chi connectivity index (χ4n) is 10.7. The zero-order valence-electron chi connectivity index (χ0n) is 26.7. The van der Waals surface area contributed by atoms with Crippen molar-refractivity contribution in [2.45, 2.75) is 105 Å². The van der Waals surface area contributed by atoms with E-state index in [0.29, 0.717) is 18.9 Å². The molecule has 5 aliphatic carbocycles. The molecule has 0 unspecified atom stereocenters. The quantitative estimate of drug-likeness (QED) is 0.358. The van der Waals surface area contributed by atoms with E-state index in [1.165, 1.54) is 0 Å². The molecule has 7 atom stereocenters. The molecule has 0 radical (unpaired) electrons. The van der Waals surface area contributed by atoms with Crippen molar-refractivity contribution in [3.8, 4) is 0 Å². The Labute approximate surface area is 250 Å². The standard InChI is InChI=1S/C35H47N3O4/c1-30(2)13-15-35(29-37-26(42-38-29)11-17-41-9)16-14-34(7)27(21(35)19-30)23(39)18-25-32(5)20-22(36-8)28(40)31(3,4)24(32)10-12-33(25,34)6/h18,20-21,24,27H,10-17,19H2,1-7,9H3/t21-,24-,27-,32-,33+,34+,35-/m0/s1. The molecule has 7 heteroatoms. The highest BCUT2D eigenvalue weighted by Crippen LogP contribution is 2.74. The minimum atomic E-state index is -0.652. The number of ether oxygens (including phenoxy) is 1. The maximum Gasteiger partial charge on any atom is 0.228 e. The van der Waals surface area contributed by atoms with Crippen LogP contribution in [0.4, 0.5) is 0 Å². The first kappa shape index (κ1) is 29.5. The number of carbonyl (C=O) groups excluding carboxylic acids is 2. The van der Waals surface area contributed by atoms with E-state index in [1.807, 2.05) is 26.0 Å². The molecule has 42 heavy (non-hydrogen) atoms. The molecule has 3 fully saturated rings. The lowest BCUT2D eigenvalue weighted by atomic mass is 9.34. The van der Waals surface area contributed by atoms with Crippen molar-refractivity contribution in [2.24, 2.45) is 44.8 Å². The van der Waals surface area contributed by atoms with Gasteiger partial charge in [-0.1, -0.05) is 65.3 Å². The molecule has 0 aromatic carbocycles. The third-order valence-corrected chi connectivity index (χ3v) is 13.3. The number of hydrogen-bond acceptors (Lipinski definition) is 6. The predicted octanol–water partition coefficient (Wildman–Crippen LogP) is 7.08. The lowest BCUT2D eigenvalue weighted by Crippen LogP contribution is -2.65. The number of hydrogen-bond donors (Lipinski definition) is 0. The van der Waals surface area contributed by atoms with E-state index in [1.54, 1.807) is 7.11 Å². The molecule has 0 spiro atoms. The second-order valence-electron chi connectivity index (χ2n) is 16.1. The first-order chi connectivity index (χ1) is 19.6. The molecule has 5 aliphatic rings. The van der Waals surface area contributed by atoms with Crippen LogP contribution in [0.1, 0.15) is 105 Å². The van der Waals surface area contributed by atoms with Gasteiger partial charge >= 0.3 is 0 Å². The van der Waals surface area contributed by atoms with E-state index in [4.69, 9.17) is 20.8 Å². The Balaban J connectivity index is 1.49. The van der Waals surface area contributed by atoms with E-state index < -0.39 is 10.8 Å². The smallest absolute Gasteiger partial charge is 0.228 e. The second kappa shape index (κ2) is 9.21. The van der Waals surface area contributed by atoms with E-state index >= 15 is 0 Å². The predicted molar refractivity (Wildman–Crippen MR) is 159 cm³/mol. The van der Waals surface area contributed by atoms with Gasteiger partial charge in [0.15, 0.2) is 17.4 Å². The monoisotopic (exact) mass is 573 g/mol. The van der Waals surface area contributed by atoms with Gasteiger partial charge in [0.2, 0.25) is 11.6 Å². The Hall–Kier alpha value is -2.59. The van der Waals surface area contributed by atoms with Gasteiger partial charge in [0.25, 0.3) is 0 Å². The van der Waals surface area contributed by atoms with Gasteiger partial charge in [0.1, 0.15) is 0 Å². The highest BCUT2D eigenvalue weighted by Gasteiger charge is 2.70. The SMILES string of the molecule is [C-]#[N+]C1=C[C@]2(C)C3=CC(=O)[C@@H]4[C@@H]5CC(C)(C)CC[C@]5(c5noc(CCOC)n5)CC[C@@]4(C)[C@]3(C)CC[C@H]2C(C)(C)C1=O. The number of aromatic nitrogens is 2. The molecule has 0 bridgehead atoms. The number of carbonyl (C=O) groups is 2. The zero-order valence-corrected chi connectivity index (χ0v) is 26.7.